The number of alkyl halides is 2. The molecule has 0 fully saturated rings. The highest BCUT2D eigenvalue weighted by Gasteiger charge is 2.32. The molecule has 16 heavy (non-hydrogen) atoms. The van der Waals surface area contributed by atoms with E-state index in [2.05, 4.69) is 6.58 Å². The van der Waals surface area contributed by atoms with E-state index in [1.165, 1.54) is 6.92 Å². The van der Waals surface area contributed by atoms with E-state index in [-0.39, 0.29) is 0 Å². The summed E-state index contributed by atoms with van der Waals surface area (Å²) >= 11 is 0. The second kappa shape index (κ2) is 5.01. The van der Waals surface area contributed by atoms with Crippen LogP contribution in [0.3, 0.4) is 0 Å². The van der Waals surface area contributed by atoms with E-state index in [0.717, 1.165) is 0 Å². The Balaban J connectivity index is 2.68. The van der Waals surface area contributed by atoms with Crippen molar-refractivity contribution in [3.05, 3.63) is 48.0 Å². The lowest BCUT2D eigenvalue weighted by atomic mass is 10.0. The van der Waals surface area contributed by atoms with Gasteiger partial charge >= 0.3 is 0 Å². The number of rotatable bonds is 5. The molecule has 3 heteroatoms. The van der Waals surface area contributed by atoms with Crippen molar-refractivity contribution < 1.29 is 13.6 Å². The second-order valence-corrected chi connectivity index (χ2v) is 3.96. The minimum atomic E-state index is -3.00. The fraction of sp³-hybridized carbons (Fsp3) is 0.308. The molecule has 0 radical (unpaired) electrons. The molecule has 1 nitrogen and oxygen atoms in total. The summed E-state index contributed by atoms with van der Waals surface area (Å²) in [6, 6.07) is 8.13. The van der Waals surface area contributed by atoms with Crippen LogP contribution in [0.5, 0.6) is 0 Å². The number of Topliss-reactive ketones (excluding diaryl/α,β-unsaturated/α-hetero) is 1. The van der Waals surface area contributed by atoms with E-state index < -0.39 is 24.5 Å². The Hall–Kier alpha value is -1.51. The maximum absolute atomic E-state index is 13.3. The van der Waals surface area contributed by atoms with Crippen molar-refractivity contribution in [2.45, 2.75) is 25.7 Å². The molecule has 0 spiro atoms. The molecular weight excluding hydrogens is 210 g/mol. The maximum Gasteiger partial charge on any atom is 0.258 e. The average molecular weight is 224 g/mol. The fourth-order valence-corrected chi connectivity index (χ4v) is 1.47. The molecule has 0 saturated heterocycles. The quantitative estimate of drug-likeness (QED) is 0.548. The molecule has 0 atom stereocenters. The number of hydrogen-bond acceptors (Lipinski definition) is 1. The van der Waals surface area contributed by atoms with E-state index in [0.29, 0.717) is 11.1 Å². The maximum atomic E-state index is 13.3. The third-order valence-electron chi connectivity index (χ3n) is 2.08. The van der Waals surface area contributed by atoms with Gasteiger partial charge in [0, 0.05) is 12.0 Å². The van der Waals surface area contributed by atoms with Crippen LogP contribution in [0.25, 0.3) is 0 Å². The summed E-state index contributed by atoms with van der Waals surface area (Å²) in [5, 5.41) is 0. The van der Waals surface area contributed by atoms with Crippen LogP contribution in [-0.2, 0) is 0 Å². The molecule has 1 aromatic rings. The van der Waals surface area contributed by atoms with Crippen molar-refractivity contribution in [1.29, 1.82) is 0 Å². The van der Waals surface area contributed by atoms with Crippen molar-refractivity contribution in [2.75, 3.05) is 0 Å². The lowest BCUT2D eigenvalue weighted by Crippen LogP contribution is -2.21. The SMILES string of the molecule is C=C(C)CC(F)(F)CC(=O)c1ccccc1. The fourth-order valence-electron chi connectivity index (χ4n) is 1.47. The van der Waals surface area contributed by atoms with Crippen LogP contribution >= 0.6 is 0 Å². The molecule has 0 amide bonds. The van der Waals surface area contributed by atoms with E-state index >= 15 is 0 Å². The van der Waals surface area contributed by atoms with Gasteiger partial charge in [-0.1, -0.05) is 42.5 Å². The molecule has 1 aromatic carbocycles. The van der Waals surface area contributed by atoms with Crippen LogP contribution in [-0.4, -0.2) is 11.7 Å². The highest BCUT2D eigenvalue weighted by molar-refractivity contribution is 5.96. The van der Waals surface area contributed by atoms with Crippen LogP contribution in [0, 0.1) is 0 Å². The smallest absolute Gasteiger partial charge is 0.258 e. The Morgan fingerprint density at radius 3 is 2.31 bits per heavy atom. The van der Waals surface area contributed by atoms with Crippen molar-refractivity contribution in [2.24, 2.45) is 0 Å². The van der Waals surface area contributed by atoms with Crippen molar-refractivity contribution in [3.8, 4) is 0 Å². The number of ketones is 1. The van der Waals surface area contributed by atoms with Crippen molar-refractivity contribution in [3.63, 3.8) is 0 Å². The Labute approximate surface area is 93.8 Å². The molecule has 0 bridgehead atoms. The summed E-state index contributed by atoms with van der Waals surface area (Å²) in [5.41, 5.74) is 0.703. The Bertz CT molecular complexity index is 382. The van der Waals surface area contributed by atoms with Gasteiger partial charge in [-0.15, -0.1) is 0 Å². The zero-order chi connectivity index (χ0) is 12.2. The number of hydrogen-bond donors (Lipinski definition) is 0. The zero-order valence-corrected chi connectivity index (χ0v) is 9.17. The lowest BCUT2D eigenvalue weighted by molar-refractivity contribution is -0.00194. The molecule has 1 rings (SSSR count). The molecule has 0 aliphatic heterocycles. The molecule has 0 heterocycles. The van der Waals surface area contributed by atoms with Gasteiger partial charge in [-0.25, -0.2) is 8.78 Å². The molecule has 0 N–H and O–H groups in total. The first-order chi connectivity index (χ1) is 7.41. The summed E-state index contributed by atoms with van der Waals surface area (Å²) in [6.07, 6.45) is -1.20. The molecular formula is C13H14F2O. The number of carbonyl (C=O) groups excluding carboxylic acids is 1. The Kier molecular flexibility index (Phi) is 3.93. The largest absolute Gasteiger partial charge is 0.294 e. The van der Waals surface area contributed by atoms with Gasteiger partial charge in [0.05, 0.1) is 6.42 Å². The van der Waals surface area contributed by atoms with Crippen molar-refractivity contribution in [1.82, 2.24) is 0 Å². The predicted molar refractivity (Wildman–Crippen MR) is 59.8 cm³/mol. The standard InChI is InChI=1S/C13H14F2O/c1-10(2)8-13(14,15)9-12(16)11-6-4-3-5-7-11/h3-7H,1,8-9H2,2H3. The normalized spacial score (nSPS) is 11.2. The number of allylic oxidation sites excluding steroid dienone is 1. The lowest BCUT2D eigenvalue weighted by Gasteiger charge is -2.15. The predicted octanol–water partition coefficient (Wildman–Crippen LogP) is 3.86. The van der Waals surface area contributed by atoms with Gasteiger partial charge in [-0.3, -0.25) is 4.79 Å². The highest BCUT2D eigenvalue weighted by atomic mass is 19.3. The molecule has 0 saturated carbocycles. The van der Waals surface area contributed by atoms with Crippen LogP contribution in [0.4, 0.5) is 8.78 Å². The van der Waals surface area contributed by atoms with E-state index in [9.17, 15) is 13.6 Å². The third kappa shape index (κ3) is 3.93. The van der Waals surface area contributed by atoms with Gasteiger partial charge in [-0.05, 0) is 6.92 Å². The van der Waals surface area contributed by atoms with Gasteiger partial charge in [0.15, 0.2) is 5.78 Å². The molecule has 0 aliphatic rings. The number of halogens is 2. The minimum Gasteiger partial charge on any atom is -0.294 e. The molecule has 0 unspecified atom stereocenters. The number of benzene rings is 1. The van der Waals surface area contributed by atoms with Gasteiger partial charge in [0.25, 0.3) is 5.92 Å². The van der Waals surface area contributed by atoms with Gasteiger partial charge in [0.2, 0.25) is 0 Å². The topological polar surface area (TPSA) is 17.1 Å². The summed E-state index contributed by atoms with van der Waals surface area (Å²) in [7, 11) is 0. The number of carbonyl (C=O) groups is 1. The Morgan fingerprint density at radius 2 is 1.81 bits per heavy atom. The first-order valence-corrected chi connectivity index (χ1v) is 5.01. The summed E-state index contributed by atoms with van der Waals surface area (Å²) in [4.78, 5) is 11.5. The van der Waals surface area contributed by atoms with Gasteiger partial charge in [-0.2, -0.15) is 0 Å². The van der Waals surface area contributed by atoms with Crippen LogP contribution in [0.2, 0.25) is 0 Å². The van der Waals surface area contributed by atoms with Gasteiger partial charge < -0.3 is 0 Å². The minimum absolute atomic E-state index is 0.323. The van der Waals surface area contributed by atoms with Crippen LogP contribution in [0.15, 0.2) is 42.5 Å². The average Bonchev–Trinajstić information content (AvgIpc) is 2.16. The Morgan fingerprint density at radius 1 is 1.25 bits per heavy atom. The second-order valence-electron chi connectivity index (χ2n) is 3.96. The van der Waals surface area contributed by atoms with Crippen molar-refractivity contribution >= 4 is 5.78 Å². The molecule has 86 valence electrons. The van der Waals surface area contributed by atoms with Crippen LogP contribution < -0.4 is 0 Å². The van der Waals surface area contributed by atoms with Crippen LogP contribution in [0.1, 0.15) is 30.1 Å². The zero-order valence-electron chi connectivity index (χ0n) is 9.17. The van der Waals surface area contributed by atoms with Gasteiger partial charge in [0.1, 0.15) is 0 Å². The summed E-state index contributed by atoms with van der Waals surface area (Å²) < 4.78 is 26.7. The van der Waals surface area contributed by atoms with E-state index in [4.69, 9.17) is 0 Å². The monoisotopic (exact) mass is 224 g/mol. The highest BCUT2D eigenvalue weighted by Crippen LogP contribution is 2.27. The first-order valence-electron chi connectivity index (χ1n) is 5.01. The summed E-state index contributed by atoms with van der Waals surface area (Å²) in [6.45, 7) is 4.96. The van der Waals surface area contributed by atoms with E-state index in [1.54, 1.807) is 30.3 Å². The molecule has 0 aliphatic carbocycles. The van der Waals surface area contributed by atoms with E-state index in [1.807, 2.05) is 0 Å². The third-order valence-corrected chi connectivity index (χ3v) is 2.08. The first kappa shape index (κ1) is 12.6. The molecule has 0 aromatic heterocycles. The summed E-state index contributed by atoms with van der Waals surface area (Å²) in [5.74, 6) is -3.54.